The quantitative estimate of drug-likeness (QED) is 0.544. The fraction of sp³-hybridized carbons (Fsp3) is 0.158. The van der Waals surface area contributed by atoms with Crippen molar-refractivity contribution in [3.05, 3.63) is 71.1 Å². The van der Waals surface area contributed by atoms with Crippen molar-refractivity contribution in [2.24, 2.45) is 0 Å². The number of ether oxygens (including phenoxy) is 1. The molecule has 3 rings (SSSR count). The largest absolute Gasteiger partial charge is 0.492 e. The molecule has 0 aliphatic carbocycles. The second-order valence-electron chi connectivity index (χ2n) is 5.51. The Balaban J connectivity index is 1.52. The topological polar surface area (TPSA) is 55.6 Å². The summed E-state index contributed by atoms with van der Waals surface area (Å²) in [4.78, 5) is 16.2. The van der Waals surface area contributed by atoms with Crippen LogP contribution in [-0.2, 0) is 4.79 Å². The van der Waals surface area contributed by atoms with Gasteiger partial charge in [0.2, 0.25) is 5.91 Å². The van der Waals surface area contributed by atoms with Crippen LogP contribution in [0.2, 0.25) is 5.15 Å². The first-order chi connectivity index (χ1) is 12.1. The van der Waals surface area contributed by atoms with Crippen molar-refractivity contribution in [1.82, 2.24) is 14.7 Å². The maximum atomic E-state index is 11.9. The van der Waals surface area contributed by atoms with Gasteiger partial charge in [-0.2, -0.15) is 0 Å². The lowest BCUT2D eigenvalue weighted by atomic mass is 10.2. The lowest BCUT2D eigenvalue weighted by Crippen LogP contribution is -2.26. The molecule has 0 bridgehead atoms. The maximum absolute atomic E-state index is 11.9. The van der Waals surface area contributed by atoms with E-state index in [0.29, 0.717) is 24.0 Å². The number of carbonyl (C=O) groups is 1. The van der Waals surface area contributed by atoms with Gasteiger partial charge in [0.1, 0.15) is 18.0 Å². The van der Waals surface area contributed by atoms with Crippen LogP contribution in [0.15, 0.2) is 54.7 Å². The summed E-state index contributed by atoms with van der Waals surface area (Å²) in [5.74, 6) is 0.581. The summed E-state index contributed by atoms with van der Waals surface area (Å²) in [6, 6.07) is 13.4. The molecule has 0 saturated heterocycles. The van der Waals surface area contributed by atoms with E-state index in [2.05, 4.69) is 10.3 Å². The van der Waals surface area contributed by atoms with E-state index in [1.807, 2.05) is 60.0 Å². The highest BCUT2D eigenvalue weighted by atomic mass is 35.5. The molecule has 5 nitrogen and oxygen atoms in total. The van der Waals surface area contributed by atoms with Gasteiger partial charge in [0.15, 0.2) is 5.15 Å². The Kier molecular flexibility index (Phi) is 5.36. The monoisotopic (exact) mass is 355 g/mol. The van der Waals surface area contributed by atoms with E-state index in [4.69, 9.17) is 16.3 Å². The second-order valence-corrected chi connectivity index (χ2v) is 5.86. The molecular formula is C19H18ClN3O2. The number of pyridine rings is 1. The minimum absolute atomic E-state index is 0.213. The second kappa shape index (κ2) is 7.85. The Morgan fingerprint density at radius 3 is 3.04 bits per heavy atom. The number of benzene rings is 1. The zero-order valence-corrected chi connectivity index (χ0v) is 14.5. The van der Waals surface area contributed by atoms with Crippen LogP contribution in [0.5, 0.6) is 5.75 Å². The van der Waals surface area contributed by atoms with Crippen molar-refractivity contribution in [3.8, 4) is 5.75 Å². The minimum atomic E-state index is -0.213. The highest BCUT2D eigenvalue weighted by Gasteiger charge is 2.07. The van der Waals surface area contributed by atoms with E-state index in [9.17, 15) is 4.79 Å². The Morgan fingerprint density at radius 1 is 1.32 bits per heavy atom. The van der Waals surface area contributed by atoms with Crippen LogP contribution >= 0.6 is 11.6 Å². The van der Waals surface area contributed by atoms with Gasteiger partial charge in [0.05, 0.1) is 12.2 Å². The van der Waals surface area contributed by atoms with Crippen molar-refractivity contribution >= 4 is 29.2 Å². The van der Waals surface area contributed by atoms with Gasteiger partial charge < -0.3 is 10.1 Å². The number of carbonyl (C=O) groups excluding carboxylic acids is 1. The highest BCUT2D eigenvalue weighted by molar-refractivity contribution is 6.31. The zero-order chi connectivity index (χ0) is 17.6. The summed E-state index contributed by atoms with van der Waals surface area (Å²) in [5, 5.41) is 3.13. The molecule has 0 fully saturated rings. The third-order valence-corrected chi connectivity index (χ3v) is 3.85. The fourth-order valence-corrected chi connectivity index (χ4v) is 2.64. The number of nitrogens with zero attached hydrogens (tertiary/aromatic N) is 2. The van der Waals surface area contributed by atoms with Gasteiger partial charge in [-0.3, -0.25) is 9.20 Å². The number of aromatic nitrogens is 2. The van der Waals surface area contributed by atoms with Gasteiger partial charge in [-0.05, 0) is 42.8 Å². The van der Waals surface area contributed by atoms with E-state index in [0.717, 1.165) is 17.0 Å². The van der Waals surface area contributed by atoms with Crippen molar-refractivity contribution in [2.45, 2.75) is 6.92 Å². The Bertz CT molecular complexity index is 918. The standard InChI is InChI=1S/C19H18ClN3O2/c1-14-5-4-6-15(13-14)25-12-10-21-18(24)9-8-16-19(20)22-17-7-2-3-11-23(16)17/h2-9,11,13H,10,12H2,1H3,(H,21,24)/b9-8+. The predicted molar refractivity (Wildman–Crippen MR) is 98.9 cm³/mol. The lowest BCUT2D eigenvalue weighted by molar-refractivity contribution is -0.116. The van der Waals surface area contributed by atoms with Gasteiger partial charge in [-0.25, -0.2) is 4.98 Å². The zero-order valence-electron chi connectivity index (χ0n) is 13.8. The molecule has 3 aromatic rings. The SMILES string of the molecule is Cc1cccc(OCCNC(=O)/C=C/c2c(Cl)nc3ccccn23)c1. The molecule has 2 heterocycles. The van der Waals surface area contributed by atoms with Gasteiger partial charge in [0.25, 0.3) is 0 Å². The summed E-state index contributed by atoms with van der Waals surface area (Å²) >= 11 is 6.12. The number of nitrogens with one attached hydrogen (secondary N) is 1. The molecule has 25 heavy (non-hydrogen) atoms. The number of hydrogen-bond donors (Lipinski definition) is 1. The normalized spacial score (nSPS) is 11.1. The van der Waals surface area contributed by atoms with E-state index in [1.54, 1.807) is 6.08 Å². The van der Waals surface area contributed by atoms with E-state index < -0.39 is 0 Å². The fourth-order valence-electron chi connectivity index (χ4n) is 2.40. The molecular weight excluding hydrogens is 338 g/mol. The molecule has 0 aliphatic rings. The van der Waals surface area contributed by atoms with Crippen LogP contribution in [0.1, 0.15) is 11.3 Å². The molecule has 0 saturated carbocycles. The van der Waals surface area contributed by atoms with Crippen LogP contribution in [0.3, 0.4) is 0 Å². The average Bonchev–Trinajstić information content (AvgIpc) is 2.92. The van der Waals surface area contributed by atoms with Crippen LogP contribution in [0.25, 0.3) is 11.7 Å². The summed E-state index contributed by atoms with van der Waals surface area (Å²) in [6.45, 7) is 2.82. The Hall–Kier alpha value is -2.79. The first-order valence-corrected chi connectivity index (χ1v) is 8.29. The summed E-state index contributed by atoms with van der Waals surface area (Å²) in [5.41, 5.74) is 2.54. The number of aryl methyl sites for hydroxylation is 1. The predicted octanol–water partition coefficient (Wildman–Crippen LogP) is 3.50. The Morgan fingerprint density at radius 2 is 2.20 bits per heavy atom. The maximum Gasteiger partial charge on any atom is 0.244 e. The lowest BCUT2D eigenvalue weighted by Gasteiger charge is -2.07. The van der Waals surface area contributed by atoms with Crippen molar-refractivity contribution in [2.75, 3.05) is 13.2 Å². The molecule has 6 heteroatoms. The highest BCUT2D eigenvalue weighted by Crippen LogP contribution is 2.18. The molecule has 2 aromatic heterocycles. The number of hydrogen-bond acceptors (Lipinski definition) is 3. The van der Waals surface area contributed by atoms with Gasteiger partial charge in [0, 0.05) is 12.3 Å². The van der Waals surface area contributed by atoms with Crippen LogP contribution in [0, 0.1) is 6.92 Å². The van der Waals surface area contributed by atoms with Crippen LogP contribution in [0.4, 0.5) is 0 Å². The first kappa shape index (κ1) is 17.0. The summed E-state index contributed by atoms with van der Waals surface area (Å²) < 4.78 is 7.42. The number of imidazole rings is 1. The first-order valence-electron chi connectivity index (χ1n) is 7.91. The molecule has 0 aliphatic heterocycles. The smallest absolute Gasteiger partial charge is 0.244 e. The molecule has 0 spiro atoms. The minimum Gasteiger partial charge on any atom is -0.492 e. The molecule has 1 N–H and O–H groups in total. The molecule has 1 aromatic carbocycles. The van der Waals surface area contributed by atoms with E-state index in [1.165, 1.54) is 6.08 Å². The molecule has 128 valence electrons. The summed E-state index contributed by atoms with van der Waals surface area (Å²) in [6.07, 6.45) is 4.94. The number of fused-ring (bicyclic) bond motifs is 1. The number of halogens is 1. The van der Waals surface area contributed by atoms with Crippen molar-refractivity contribution in [3.63, 3.8) is 0 Å². The van der Waals surface area contributed by atoms with Crippen LogP contribution < -0.4 is 10.1 Å². The van der Waals surface area contributed by atoms with Crippen molar-refractivity contribution < 1.29 is 9.53 Å². The van der Waals surface area contributed by atoms with Crippen molar-refractivity contribution in [1.29, 1.82) is 0 Å². The third-order valence-electron chi connectivity index (χ3n) is 3.57. The van der Waals surface area contributed by atoms with Crippen LogP contribution in [-0.4, -0.2) is 28.4 Å². The molecule has 1 amide bonds. The molecule has 0 radical (unpaired) electrons. The Labute approximate surface area is 150 Å². The average molecular weight is 356 g/mol. The molecule has 0 unspecified atom stereocenters. The third kappa shape index (κ3) is 4.39. The van der Waals surface area contributed by atoms with E-state index >= 15 is 0 Å². The number of amides is 1. The summed E-state index contributed by atoms with van der Waals surface area (Å²) in [7, 11) is 0. The van der Waals surface area contributed by atoms with Gasteiger partial charge >= 0.3 is 0 Å². The molecule has 0 atom stereocenters. The van der Waals surface area contributed by atoms with Gasteiger partial charge in [-0.1, -0.05) is 29.8 Å². The van der Waals surface area contributed by atoms with E-state index in [-0.39, 0.29) is 5.91 Å². The number of rotatable bonds is 6. The van der Waals surface area contributed by atoms with Gasteiger partial charge in [-0.15, -0.1) is 0 Å².